The third kappa shape index (κ3) is 6.35. The van der Waals surface area contributed by atoms with Crippen LogP contribution in [0, 0.1) is 0 Å². The molecule has 3 N–H and O–H groups in total. The normalized spacial score (nSPS) is 11.9. The van der Waals surface area contributed by atoms with Gasteiger partial charge in [-0.1, -0.05) is 29.2 Å². The van der Waals surface area contributed by atoms with Gasteiger partial charge in [0.2, 0.25) is 16.9 Å². The van der Waals surface area contributed by atoms with Gasteiger partial charge in [-0.15, -0.1) is 10.2 Å². The average molecular weight is 380 g/mol. The Labute approximate surface area is 155 Å². The van der Waals surface area contributed by atoms with Crippen molar-refractivity contribution in [3.8, 4) is 0 Å². The molecule has 0 bridgehead atoms. The molecule has 0 saturated carbocycles. The van der Waals surface area contributed by atoms with Crippen molar-refractivity contribution in [2.75, 3.05) is 10.6 Å². The van der Waals surface area contributed by atoms with Crippen LogP contribution in [0.1, 0.15) is 27.7 Å². The Morgan fingerprint density at radius 2 is 1.88 bits per heavy atom. The van der Waals surface area contributed by atoms with Crippen LogP contribution in [0.4, 0.5) is 16.5 Å². The first kappa shape index (κ1) is 19.2. The summed E-state index contributed by atoms with van der Waals surface area (Å²) in [7, 11) is 0. The van der Waals surface area contributed by atoms with E-state index >= 15 is 0 Å². The van der Waals surface area contributed by atoms with Crippen molar-refractivity contribution in [2.45, 2.75) is 43.3 Å². The maximum Gasteiger partial charge on any atom is 0.233 e. The first-order chi connectivity index (χ1) is 11.8. The molecular weight excluding hydrogens is 358 g/mol. The molecule has 0 aliphatic rings. The Bertz CT molecular complexity index is 748. The van der Waals surface area contributed by atoms with Gasteiger partial charge in [0.05, 0.1) is 5.25 Å². The number of hydrogen-bond acceptors (Lipinski definition) is 7. The SMILES string of the molecule is CC(=O)Nc1cccc(Nc2nnc(SC(C)C(=O)NC(C)C)s2)c1. The smallest absolute Gasteiger partial charge is 0.233 e. The first-order valence-electron chi connectivity index (χ1n) is 7.78. The van der Waals surface area contributed by atoms with Crippen molar-refractivity contribution in [1.82, 2.24) is 15.5 Å². The van der Waals surface area contributed by atoms with Gasteiger partial charge in [0.1, 0.15) is 0 Å². The van der Waals surface area contributed by atoms with Crippen LogP contribution in [0.5, 0.6) is 0 Å². The van der Waals surface area contributed by atoms with Crippen molar-refractivity contribution in [1.29, 1.82) is 0 Å². The molecular formula is C16H21N5O2S2. The van der Waals surface area contributed by atoms with Crippen LogP contribution < -0.4 is 16.0 Å². The maximum absolute atomic E-state index is 12.0. The van der Waals surface area contributed by atoms with E-state index in [0.717, 1.165) is 5.69 Å². The lowest BCUT2D eigenvalue weighted by molar-refractivity contribution is -0.120. The quantitative estimate of drug-likeness (QED) is 0.639. The lowest BCUT2D eigenvalue weighted by atomic mass is 10.3. The monoisotopic (exact) mass is 379 g/mol. The van der Waals surface area contributed by atoms with Crippen molar-refractivity contribution < 1.29 is 9.59 Å². The van der Waals surface area contributed by atoms with Gasteiger partial charge in [-0.25, -0.2) is 0 Å². The third-order valence-electron chi connectivity index (χ3n) is 2.92. The number of carbonyl (C=O) groups is 2. The molecule has 2 aromatic rings. The highest BCUT2D eigenvalue weighted by molar-refractivity contribution is 8.02. The lowest BCUT2D eigenvalue weighted by Crippen LogP contribution is -2.35. The summed E-state index contributed by atoms with van der Waals surface area (Å²) in [6, 6.07) is 7.44. The van der Waals surface area contributed by atoms with E-state index in [1.54, 1.807) is 0 Å². The van der Waals surface area contributed by atoms with E-state index in [-0.39, 0.29) is 23.1 Å². The van der Waals surface area contributed by atoms with Gasteiger partial charge in [0.25, 0.3) is 0 Å². The zero-order chi connectivity index (χ0) is 18.4. The molecule has 1 heterocycles. The van der Waals surface area contributed by atoms with Gasteiger partial charge in [0, 0.05) is 24.3 Å². The highest BCUT2D eigenvalue weighted by atomic mass is 32.2. The third-order valence-corrected chi connectivity index (χ3v) is 4.94. The van der Waals surface area contributed by atoms with Crippen LogP contribution in [0.2, 0.25) is 0 Å². The fraction of sp³-hybridized carbons (Fsp3) is 0.375. The maximum atomic E-state index is 12.0. The topological polar surface area (TPSA) is 96.0 Å². The molecule has 25 heavy (non-hydrogen) atoms. The summed E-state index contributed by atoms with van der Waals surface area (Å²) in [4.78, 5) is 23.1. The molecule has 0 spiro atoms. The minimum atomic E-state index is -0.244. The molecule has 9 heteroatoms. The van der Waals surface area contributed by atoms with Crippen molar-refractivity contribution >= 4 is 51.4 Å². The Morgan fingerprint density at radius 3 is 2.56 bits per heavy atom. The summed E-state index contributed by atoms with van der Waals surface area (Å²) in [5.74, 6) is -0.145. The minimum absolute atomic E-state index is 0.0206. The Balaban J connectivity index is 1.97. The number of amides is 2. The van der Waals surface area contributed by atoms with E-state index in [2.05, 4.69) is 26.1 Å². The number of anilines is 3. The number of aromatic nitrogens is 2. The predicted octanol–water partition coefficient (Wildman–Crippen LogP) is 3.25. The second-order valence-electron chi connectivity index (χ2n) is 5.68. The second-order valence-corrected chi connectivity index (χ2v) is 8.25. The number of nitrogens with one attached hydrogen (secondary N) is 3. The molecule has 1 aromatic heterocycles. The summed E-state index contributed by atoms with van der Waals surface area (Å²) in [5.41, 5.74) is 1.50. The molecule has 7 nitrogen and oxygen atoms in total. The summed E-state index contributed by atoms with van der Waals surface area (Å²) in [6.07, 6.45) is 0. The number of thioether (sulfide) groups is 1. The van der Waals surface area contributed by atoms with E-state index < -0.39 is 0 Å². The summed E-state index contributed by atoms with van der Waals surface area (Å²) in [5, 5.41) is 17.3. The molecule has 0 radical (unpaired) electrons. The van der Waals surface area contributed by atoms with Crippen LogP contribution >= 0.6 is 23.1 Å². The van der Waals surface area contributed by atoms with Gasteiger partial charge in [-0.2, -0.15) is 0 Å². The number of benzene rings is 1. The molecule has 1 unspecified atom stereocenters. The van der Waals surface area contributed by atoms with Gasteiger partial charge in [-0.3, -0.25) is 9.59 Å². The second kappa shape index (κ2) is 8.82. The minimum Gasteiger partial charge on any atom is -0.353 e. The number of carbonyl (C=O) groups excluding carboxylic acids is 2. The van der Waals surface area contributed by atoms with Crippen LogP contribution in [-0.2, 0) is 9.59 Å². The standard InChI is InChI=1S/C16H21N5O2S2/c1-9(2)17-14(23)10(3)24-16-21-20-15(25-16)19-13-7-5-6-12(8-13)18-11(4)22/h5-10H,1-4H3,(H,17,23)(H,18,22)(H,19,20). The van der Waals surface area contributed by atoms with E-state index in [4.69, 9.17) is 0 Å². The van der Waals surface area contributed by atoms with Crippen LogP contribution in [0.25, 0.3) is 0 Å². The summed E-state index contributed by atoms with van der Waals surface area (Å²) >= 11 is 2.75. The van der Waals surface area contributed by atoms with Crippen LogP contribution in [-0.4, -0.2) is 33.3 Å². The Morgan fingerprint density at radius 1 is 1.16 bits per heavy atom. The van der Waals surface area contributed by atoms with Crippen LogP contribution in [0.15, 0.2) is 28.6 Å². The van der Waals surface area contributed by atoms with Crippen molar-refractivity contribution in [3.63, 3.8) is 0 Å². The molecule has 0 fully saturated rings. The van der Waals surface area contributed by atoms with Crippen LogP contribution in [0.3, 0.4) is 0 Å². The van der Waals surface area contributed by atoms with E-state index in [9.17, 15) is 9.59 Å². The molecule has 0 saturated heterocycles. The molecule has 1 aromatic carbocycles. The zero-order valence-electron chi connectivity index (χ0n) is 14.5. The van der Waals surface area contributed by atoms with Gasteiger partial charge in [-0.05, 0) is 39.0 Å². The highest BCUT2D eigenvalue weighted by Crippen LogP contribution is 2.30. The van der Waals surface area contributed by atoms with Gasteiger partial charge >= 0.3 is 0 Å². The first-order valence-corrected chi connectivity index (χ1v) is 9.48. The number of rotatable bonds is 7. The van der Waals surface area contributed by atoms with Crippen molar-refractivity contribution in [3.05, 3.63) is 24.3 Å². The molecule has 2 rings (SSSR count). The van der Waals surface area contributed by atoms with E-state index in [1.807, 2.05) is 45.0 Å². The lowest BCUT2D eigenvalue weighted by Gasteiger charge is -2.12. The largest absolute Gasteiger partial charge is 0.353 e. The average Bonchev–Trinajstić information content (AvgIpc) is 2.93. The zero-order valence-corrected chi connectivity index (χ0v) is 16.1. The fourth-order valence-electron chi connectivity index (χ4n) is 1.92. The molecule has 0 aliphatic heterocycles. The van der Waals surface area contributed by atoms with E-state index in [1.165, 1.54) is 30.0 Å². The van der Waals surface area contributed by atoms with E-state index in [0.29, 0.717) is 15.2 Å². The Kier molecular flexibility index (Phi) is 6.77. The highest BCUT2D eigenvalue weighted by Gasteiger charge is 2.17. The number of hydrogen-bond donors (Lipinski definition) is 3. The Hall–Kier alpha value is -2.13. The van der Waals surface area contributed by atoms with Crippen molar-refractivity contribution in [2.24, 2.45) is 0 Å². The molecule has 134 valence electrons. The predicted molar refractivity (Wildman–Crippen MR) is 103 cm³/mol. The molecule has 0 aliphatic carbocycles. The van der Waals surface area contributed by atoms with Gasteiger partial charge in [0.15, 0.2) is 4.34 Å². The summed E-state index contributed by atoms with van der Waals surface area (Å²) < 4.78 is 0.715. The molecule has 2 amide bonds. The molecule has 1 atom stereocenters. The van der Waals surface area contributed by atoms with Gasteiger partial charge < -0.3 is 16.0 Å². The fourth-order valence-corrected chi connectivity index (χ4v) is 3.84. The number of nitrogens with zero attached hydrogens (tertiary/aromatic N) is 2. The summed E-state index contributed by atoms with van der Waals surface area (Å²) in [6.45, 7) is 7.16.